The molecule has 1 heterocycles. The normalized spacial score (nSPS) is 28.0. The van der Waals surface area contributed by atoms with Gasteiger partial charge in [0.15, 0.2) is 0 Å². The SMILES string of the molecule is CC[C@@H]1CCCN1C.F. The molecule has 1 rings (SSSR count). The Morgan fingerprint density at radius 2 is 2.22 bits per heavy atom. The molecule has 0 aromatic rings. The van der Waals surface area contributed by atoms with Gasteiger partial charge in [-0.15, -0.1) is 0 Å². The molecule has 1 fully saturated rings. The Labute approximate surface area is 56.4 Å². The van der Waals surface area contributed by atoms with E-state index in [-0.39, 0.29) is 4.70 Å². The molecule has 9 heavy (non-hydrogen) atoms. The minimum absolute atomic E-state index is 0. The molecule has 0 spiro atoms. The number of halogens is 1. The van der Waals surface area contributed by atoms with E-state index >= 15 is 0 Å². The van der Waals surface area contributed by atoms with Crippen LogP contribution in [-0.2, 0) is 0 Å². The summed E-state index contributed by atoms with van der Waals surface area (Å²) in [6.07, 6.45) is 4.17. The molecule has 0 saturated carbocycles. The van der Waals surface area contributed by atoms with Crippen molar-refractivity contribution in [1.82, 2.24) is 4.90 Å². The lowest BCUT2D eigenvalue weighted by Crippen LogP contribution is -2.23. The zero-order chi connectivity index (χ0) is 5.98. The fourth-order valence-electron chi connectivity index (χ4n) is 1.50. The molecule has 0 aromatic carbocycles. The van der Waals surface area contributed by atoms with E-state index in [1.54, 1.807) is 0 Å². The molecule has 1 aliphatic rings. The van der Waals surface area contributed by atoms with E-state index in [0.717, 1.165) is 6.04 Å². The van der Waals surface area contributed by atoms with Crippen LogP contribution in [0.5, 0.6) is 0 Å². The smallest absolute Gasteiger partial charge is 0.00900 e. The molecule has 0 aromatic heterocycles. The minimum atomic E-state index is 0. The molecule has 0 unspecified atom stereocenters. The van der Waals surface area contributed by atoms with Gasteiger partial charge in [0, 0.05) is 6.04 Å². The monoisotopic (exact) mass is 133 g/mol. The zero-order valence-corrected chi connectivity index (χ0v) is 6.26. The van der Waals surface area contributed by atoms with E-state index in [2.05, 4.69) is 18.9 Å². The van der Waals surface area contributed by atoms with Crippen molar-refractivity contribution in [3.8, 4) is 0 Å². The Morgan fingerprint density at radius 3 is 2.44 bits per heavy atom. The number of hydrogen-bond acceptors (Lipinski definition) is 1. The first-order chi connectivity index (χ1) is 3.84. The standard InChI is InChI=1S/C7H15N.FH/c1-3-7-5-4-6-8(7)2;/h7H,3-6H2,1-2H3;1H/t7-;/m1./s1. The van der Waals surface area contributed by atoms with Gasteiger partial charge in [-0.3, -0.25) is 4.70 Å². The van der Waals surface area contributed by atoms with E-state index in [9.17, 15) is 0 Å². The second-order valence-corrected chi connectivity index (χ2v) is 2.68. The van der Waals surface area contributed by atoms with Crippen LogP contribution in [0.4, 0.5) is 4.70 Å². The molecule has 0 aliphatic carbocycles. The van der Waals surface area contributed by atoms with Gasteiger partial charge in [0.2, 0.25) is 0 Å². The molecule has 0 amide bonds. The number of hydrogen-bond donors (Lipinski definition) is 0. The van der Waals surface area contributed by atoms with E-state index in [4.69, 9.17) is 0 Å². The van der Waals surface area contributed by atoms with Crippen LogP contribution < -0.4 is 0 Å². The summed E-state index contributed by atoms with van der Waals surface area (Å²) in [7, 11) is 2.22. The van der Waals surface area contributed by atoms with Gasteiger partial charge in [-0.25, -0.2) is 0 Å². The van der Waals surface area contributed by atoms with Gasteiger partial charge in [0.05, 0.1) is 0 Å². The van der Waals surface area contributed by atoms with E-state index in [1.165, 1.54) is 25.8 Å². The first kappa shape index (κ1) is 8.89. The molecule has 56 valence electrons. The largest absolute Gasteiger partial charge is 0.303 e. The third-order valence-corrected chi connectivity index (χ3v) is 2.14. The summed E-state index contributed by atoms with van der Waals surface area (Å²) < 4.78 is 0. The van der Waals surface area contributed by atoms with Gasteiger partial charge >= 0.3 is 0 Å². The van der Waals surface area contributed by atoms with E-state index in [1.807, 2.05) is 0 Å². The Kier molecular flexibility index (Phi) is 3.78. The van der Waals surface area contributed by atoms with Gasteiger partial charge in [-0.2, -0.15) is 0 Å². The summed E-state index contributed by atoms with van der Waals surface area (Å²) in [4.78, 5) is 2.46. The number of rotatable bonds is 1. The highest BCUT2D eigenvalue weighted by atomic mass is 19.0. The molecule has 0 N–H and O–H groups in total. The Morgan fingerprint density at radius 1 is 1.56 bits per heavy atom. The van der Waals surface area contributed by atoms with Crippen LogP contribution in [-0.4, -0.2) is 24.5 Å². The van der Waals surface area contributed by atoms with Crippen LogP contribution in [0.15, 0.2) is 0 Å². The molecule has 1 nitrogen and oxygen atoms in total. The predicted molar refractivity (Wildman–Crippen MR) is 38.4 cm³/mol. The average Bonchev–Trinajstić information content (AvgIpc) is 2.14. The van der Waals surface area contributed by atoms with Crippen molar-refractivity contribution in [3.05, 3.63) is 0 Å². The van der Waals surface area contributed by atoms with Crippen LogP contribution in [0.25, 0.3) is 0 Å². The van der Waals surface area contributed by atoms with Crippen molar-refractivity contribution in [2.75, 3.05) is 13.6 Å². The summed E-state index contributed by atoms with van der Waals surface area (Å²) in [5.74, 6) is 0. The summed E-state index contributed by atoms with van der Waals surface area (Å²) >= 11 is 0. The lowest BCUT2D eigenvalue weighted by Gasteiger charge is -2.16. The molecule has 1 saturated heterocycles. The van der Waals surface area contributed by atoms with Crippen LogP contribution in [0.3, 0.4) is 0 Å². The van der Waals surface area contributed by atoms with Gasteiger partial charge in [-0.05, 0) is 32.9 Å². The third-order valence-electron chi connectivity index (χ3n) is 2.14. The maximum Gasteiger partial charge on any atom is 0.00900 e. The minimum Gasteiger partial charge on any atom is -0.303 e. The van der Waals surface area contributed by atoms with Gasteiger partial charge in [0.1, 0.15) is 0 Å². The molecule has 1 aliphatic heterocycles. The second-order valence-electron chi connectivity index (χ2n) is 2.68. The van der Waals surface area contributed by atoms with E-state index in [0.29, 0.717) is 0 Å². The molecule has 2 heteroatoms. The maximum atomic E-state index is 2.46. The van der Waals surface area contributed by atoms with E-state index < -0.39 is 0 Å². The van der Waals surface area contributed by atoms with Crippen molar-refractivity contribution < 1.29 is 4.70 Å². The highest BCUT2D eigenvalue weighted by molar-refractivity contribution is 4.73. The zero-order valence-electron chi connectivity index (χ0n) is 6.26. The molecule has 0 bridgehead atoms. The Balaban J connectivity index is 0.000000640. The second kappa shape index (κ2) is 3.83. The van der Waals surface area contributed by atoms with Gasteiger partial charge in [0.25, 0.3) is 0 Å². The third kappa shape index (κ3) is 1.94. The highest BCUT2D eigenvalue weighted by Gasteiger charge is 2.17. The summed E-state index contributed by atoms with van der Waals surface area (Å²) in [6.45, 7) is 3.59. The van der Waals surface area contributed by atoms with Crippen LogP contribution in [0, 0.1) is 0 Å². The summed E-state index contributed by atoms with van der Waals surface area (Å²) in [5, 5.41) is 0. The van der Waals surface area contributed by atoms with Crippen molar-refractivity contribution >= 4 is 0 Å². The molecular formula is C7H16FN. The lowest BCUT2D eigenvalue weighted by atomic mass is 10.2. The fourth-order valence-corrected chi connectivity index (χ4v) is 1.50. The maximum absolute atomic E-state index is 2.46. The van der Waals surface area contributed by atoms with Crippen molar-refractivity contribution in [3.63, 3.8) is 0 Å². The Hall–Kier alpha value is -0.110. The summed E-state index contributed by atoms with van der Waals surface area (Å²) in [6, 6.07) is 0.898. The average molecular weight is 133 g/mol. The van der Waals surface area contributed by atoms with Gasteiger partial charge < -0.3 is 4.90 Å². The Bertz CT molecular complexity index is 75.3. The van der Waals surface area contributed by atoms with Crippen LogP contribution in [0.1, 0.15) is 26.2 Å². The molecule has 1 atom stereocenters. The lowest BCUT2D eigenvalue weighted by molar-refractivity contribution is 0.304. The molecule has 0 radical (unpaired) electrons. The quantitative estimate of drug-likeness (QED) is 0.525. The van der Waals surface area contributed by atoms with Crippen LogP contribution >= 0.6 is 0 Å². The topological polar surface area (TPSA) is 3.24 Å². The van der Waals surface area contributed by atoms with Crippen LogP contribution in [0.2, 0.25) is 0 Å². The first-order valence-corrected chi connectivity index (χ1v) is 3.55. The summed E-state index contributed by atoms with van der Waals surface area (Å²) in [5.41, 5.74) is 0. The highest BCUT2D eigenvalue weighted by Crippen LogP contribution is 2.16. The van der Waals surface area contributed by atoms with Crippen molar-refractivity contribution in [2.24, 2.45) is 0 Å². The number of nitrogens with zero attached hydrogens (tertiary/aromatic N) is 1. The number of likely N-dealkylation sites (tertiary alicyclic amines) is 1. The van der Waals surface area contributed by atoms with Gasteiger partial charge in [-0.1, -0.05) is 6.92 Å². The predicted octanol–water partition coefficient (Wildman–Crippen LogP) is 1.64. The first-order valence-electron chi connectivity index (χ1n) is 3.55. The molecular weight excluding hydrogens is 117 g/mol. The fraction of sp³-hybridized carbons (Fsp3) is 1.00. The van der Waals surface area contributed by atoms with Crippen molar-refractivity contribution in [1.29, 1.82) is 0 Å². The van der Waals surface area contributed by atoms with Crippen molar-refractivity contribution in [2.45, 2.75) is 32.2 Å².